The van der Waals surface area contributed by atoms with Gasteiger partial charge in [0.05, 0.1) is 18.0 Å². The van der Waals surface area contributed by atoms with Gasteiger partial charge in [0.2, 0.25) is 0 Å². The Kier molecular flexibility index (Phi) is 3.36. The molecule has 2 aliphatic heterocycles. The zero-order chi connectivity index (χ0) is 13.6. The number of carbonyl (C=O) groups is 1. The van der Waals surface area contributed by atoms with Crippen LogP contribution in [0.1, 0.15) is 26.7 Å². The van der Waals surface area contributed by atoms with Crippen LogP contribution in [0, 0.1) is 5.41 Å². The number of nitrogens with zero attached hydrogens (tertiary/aromatic N) is 1. The maximum atomic E-state index is 13.7. The Hall–Kier alpha value is -0.750. The van der Waals surface area contributed by atoms with E-state index >= 15 is 0 Å². The number of hydrogen-bond acceptors (Lipinski definition) is 3. The van der Waals surface area contributed by atoms with Crippen molar-refractivity contribution < 1.29 is 18.7 Å². The molecule has 2 unspecified atom stereocenters. The molecule has 0 saturated carbocycles. The Morgan fingerprint density at radius 3 is 2.83 bits per heavy atom. The second kappa shape index (κ2) is 4.42. The summed E-state index contributed by atoms with van der Waals surface area (Å²) in [5.74, 6) is -3.58. The van der Waals surface area contributed by atoms with E-state index in [1.807, 2.05) is 0 Å². The number of halogens is 2. The number of aliphatic carboxylic acids is 1. The van der Waals surface area contributed by atoms with E-state index in [4.69, 9.17) is 5.11 Å². The highest BCUT2D eigenvalue weighted by molar-refractivity contribution is 5.73. The fourth-order valence-corrected chi connectivity index (χ4v) is 2.78. The first-order valence-corrected chi connectivity index (χ1v) is 6.33. The molecule has 0 radical (unpaired) electrons. The first-order valence-electron chi connectivity index (χ1n) is 6.33. The van der Waals surface area contributed by atoms with Crippen LogP contribution in [0.3, 0.4) is 0 Å². The fourth-order valence-electron chi connectivity index (χ4n) is 2.78. The molecule has 0 spiro atoms. The summed E-state index contributed by atoms with van der Waals surface area (Å²) in [5, 5.41) is 11.9. The van der Waals surface area contributed by atoms with Crippen molar-refractivity contribution in [2.45, 2.75) is 44.7 Å². The number of carboxylic acid groups (broad SMARTS) is 1. The Morgan fingerprint density at radius 2 is 2.22 bits per heavy atom. The van der Waals surface area contributed by atoms with E-state index in [0.29, 0.717) is 25.9 Å². The predicted molar refractivity (Wildman–Crippen MR) is 62.7 cm³/mol. The Morgan fingerprint density at radius 1 is 1.56 bits per heavy atom. The van der Waals surface area contributed by atoms with E-state index in [9.17, 15) is 13.6 Å². The minimum atomic E-state index is -2.70. The standard InChI is InChI=1S/C12H20F2N2O2/c1-11(2,10(17)18)4-6-16-5-3-8-9(16)12(13,14)7-15-8/h8-9,15H,3-7H2,1-2H3,(H,17,18). The molecule has 0 aliphatic carbocycles. The van der Waals surface area contributed by atoms with E-state index in [1.165, 1.54) is 0 Å². The highest BCUT2D eigenvalue weighted by Crippen LogP contribution is 2.37. The summed E-state index contributed by atoms with van der Waals surface area (Å²) in [7, 11) is 0. The van der Waals surface area contributed by atoms with Gasteiger partial charge < -0.3 is 10.4 Å². The summed E-state index contributed by atoms with van der Waals surface area (Å²) in [6.45, 7) is 4.04. The third-order valence-corrected chi connectivity index (χ3v) is 4.14. The van der Waals surface area contributed by atoms with E-state index in [1.54, 1.807) is 18.7 Å². The van der Waals surface area contributed by atoms with Crippen molar-refractivity contribution in [3.63, 3.8) is 0 Å². The van der Waals surface area contributed by atoms with Crippen molar-refractivity contribution >= 4 is 5.97 Å². The summed E-state index contributed by atoms with van der Waals surface area (Å²) in [6.07, 6.45) is 1.11. The molecule has 0 aromatic rings. The molecule has 2 atom stereocenters. The zero-order valence-corrected chi connectivity index (χ0v) is 10.7. The molecule has 0 amide bonds. The first-order chi connectivity index (χ1) is 8.24. The lowest BCUT2D eigenvalue weighted by atomic mass is 9.89. The topological polar surface area (TPSA) is 52.6 Å². The molecule has 18 heavy (non-hydrogen) atoms. The molecule has 2 N–H and O–H groups in total. The highest BCUT2D eigenvalue weighted by atomic mass is 19.3. The minimum absolute atomic E-state index is 0.145. The second-order valence-electron chi connectivity index (χ2n) is 5.96. The average Bonchev–Trinajstić information content (AvgIpc) is 2.78. The van der Waals surface area contributed by atoms with Crippen molar-refractivity contribution in [1.82, 2.24) is 10.2 Å². The van der Waals surface area contributed by atoms with E-state index in [-0.39, 0.29) is 12.6 Å². The van der Waals surface area contributed by atoms with Crippen molar-refractivity contribution in [1.29, 1.82) is 0 Å². The van der Waals surface area contributed by atoms with Crippen molar-refractivity contribution in [2.75, 3.05) is 19.6 Å². The third-order valence-electron chi connectivity index (χ3n) is 4.14. The number of nitrogens with one attached hydrogen (secondary N) is 1. The molecule has 0 aromatic heterocycles. The van der Waals surface area contributed by atoms with Gasteiger partial charge in [-0.3, -0.25) is 9.69 Å². The number of alkyl halides is 2. The molecule has 4 nitrogen and oxygen atoms in total. The van der Waals surface area contributed by atoms with Gasteiger partial charge in [-0.2, -0.15) is 0 Å². The van der Waals surface area contributed by atoms with Crippen molar-refractivity contribution in [3.05, 3.63) is 0 Å². The number of hydrogen-bond donors (Lipinski definition) is 2. The van der Waals surface area contributed by atoms with Gasteiger partial charge in [0, 0.05) is 12.6 Å². The molecule has 104 valence electrons. The van der Waals surface area contributed by atoms with Crippen molar-refractivity contribution in [2.24, 2.45) is 5.41 Å². The molecule has 2 heterocycles. The molecular weight excluding hydrogens is 242 g/mol. The number of fused-ring (bicyclic) bond motifs is 1. The largest absolute Gasteiger partial charge is 0.481 e. The Bertz CT molecular complexity index is 347. The van der Waals surface area contributed by atoms with Gasteiger partial charge >= 0.3 is 5.97 Å². The van der Waals surface area contributed by atoms with Crippen LogP contribution in [0.2, 0.25) is 0 Å². The maximum Gasteiger partial charge on any atom is 0.309 e. The van der Waals surface area contributed by atoms with Crippen LogP contribution in [0.4, 0.5) is 8.78 Å². The molecule has 2 aliphatic rings. The van der Waals surface area contributed by atoms with Gasteiger partial charge in [-0.05, 0) is 33.2 Å². The molecule has 2 saturated heterocycles. The summed E-state index contributed by atoms with van der Waals surface area (Å²) < 4.78 is 27.4. The fraction of sp³-hybridized carbons (Fsp3) is 0.917. The quantitative estimate of drug-likeness (QED) is 0.798. The smallest absolute Gasteiger partial charge is 0.309 e. The van der Waals surface area contributed by atoms with Crippen LogP contribution in [0.5, 0.6) is 0 Å². The van der Waals surface area contributed by atoms with Crippen LogP contribution in [0.15, 0.2) is 0 Å². The molecule has 0 aromatic carbocycles. The second-order valence-corrected chi connectivity index (χ2v) is 5.96. The van der Waals surface area contributed by atoms with Crippen LogP contribution < -0.4 is 5.32 Å². The molecule has 2 fully saturated rings. The van der Waals surface area contributed by atoms with Gasteiger partial charge in [0.1, 0.15) is 0 Å². The Labute approximate surface area is 105 Å². The van der Waals surface area contributed by atoms with Gasteiger partial charge in [0.25, 0.3) is 5.92 Å². The summed E-state index contributed by atoms with van der Waals surface area (Å²) in [4.78, 5) is 12.7. The van der Waals surface area contributed by atoms with E-state index in [0.717, 1.165) is 0 Å². The molecule has 2 rings (SSSR count). The number of likely N-dealkylation sites (tertiary alicyclic amines) is 1. The van der Waals surface area contributed by atoms with Crippen molar-refractivity contribution in [3.8, 4) is 0 Å². The third kappa shape index (κ3) is 2.36. The Balaban J connectivity index is 1.97. The van der Waals surface area contributed by atoms with Gasteiger partial charge in [-0.15, -0.1) is 0 Å². The van der Waals surface area contributed by atoms with E-state index in [2.05, 4.69) is 5.32 Å². The maximum absolute atomic E-state index is 13.7. The van der Waals surface area contributed by atoms with E-state index < -0.39 is 23.3 Å². The zero-order valence-electron chi connectivity index (χ0n) is 10.7. The number of rotatable bonds is 4. The molecule has 0 bridgehead atoms. The molecule has 6 heteroatoms. The lowest BCUT2D eigenvalue weighted by molar-refractivity contribution is -0.147. The lowest BCUT2D eigenvalue weighted by Gasteiger charge is -2.30. The van der Waals surface area contributed by atoms with Gasteiger partial charge in [-0.25, -0.2) is 8.78 Å². The summed E-state index contributed by atoms with van der Waals surface area (Å²) in [5.41, 5.74) is -0.862. The van der Waals surface area contributed by atoms with Gasteiger partial charge in [0.15, 0.2) is 0 Å². The lowest BCUT2D eigenvalue weighted by Crippen LogP contribution is -2.46. The van der Waals surface area contributed by atoms with Crippen LogP contribution >= 0.6 is 0 Å². The highest BCUT2D eigenvalue weighted by Gasteiger charge is 2.55. The summed E-state index contributed by atoms with van der Waals surface area (Å²) in [6, 6.07) is -0.907. The molecular formula is C12H20F2N2O2. The monoisotopic (exact) mass is 262 g/mol. The minimum Gasteiger partial charge on any atom is -0.481 e. The summed E-state index contributed by atoms with van der Waals surface area (Å²) >= 11 is 0. The first kappa shape index (κ1) is 13.7. The average molecular weight is 262 g/mol. The van der Waals surface area contributed by atoms with Crippen LogP contribution in [-0.2, 0) is 4.79 Å². The van der Waals surface area contributed by atoms with Crippen LogP contribution in [-0.4, -0.2) is 53.6 Å². The normalized spacial score (nSPS) is 31.6. The van der Waals surface area contributed by atoms with Gasteiger partial charge in [-0.1, -0.05) is 0 Å². The SMILES string of the molecule is CC(C)(CCN1CCC2NCC(F)(F)C21)C(=O)O. The number of carboxylic acids is 1. The van der Waals surface area contributed by atoms with Crippen LogP contribution in [0.25, 0.3) is 0 Å². The predicted octanol–water partition coefficient (Wildman–Crippen LogP) is 1.17.